The summed E-state index contributed by atoms with van der Waals surface area (Å²) in [6, 6.07) is 18.6. The predicted octanol–water partition coefficient (Wildman–Crippen LogP) is 4.32. The van der Waals surface area contributed by atoms with Gasteiger partial charge in [-0.25, -0.2) is 4.98 Å². The summed E-state index contributed by atoms with van der Waals surface area (Å²) < 4.78 is 1.50. The van der Waals surface area contributed by atoms with Gasteiger partial charge in [0, 0.05) is 21.7 Å². The van der Waals surface area contributed by atoms with Crippen molar-refractivity contribution in [2.45, 2.75) is 0 Å². The molecule has 8 nitrogen and oxygen atoms in total. The van der Waals surface area contributed by atoms with Crippen LogP contribution in [-0.2, 0) is 0 Å². The summed E-state index contributed by atoms with van der Waals surface area (Å²) in [5, 5.41) is 26.0. The van der Waals surface area contributed by atoms with Crippen molar-refractivity contribution >= 4 is 38.7 Å². The van der Waals surface area contributed by atoms with Gasteiger partial charge in [0.15, 0.2) is 5.82 Å². The smallest absolute Gasteiger partial charge is 0.312 e. The first-order valence-corrected chi connectivity index (χ1v) is 9.53. The number of rotatable bonds is 4. The highest BCUT2D eigenvalue weighted by atomic mass is 79.9. The van der Waals surface area contributed by atoms with Crippen LogP contribution in [0.15, 0.2) is 81.1 Å². The molecule has 1 N–H and O–H groups in total. The van der Waals surface area contributed by atoms with E-state index in [4.69, 9.17) is 0 Å². The fourth-order valence-corrected chi connectivity index (χ4v) is 3.43. The van der Waals surface area contributed by atoms with E-state index in [9.17, 15) is 20.0 Å². The number of hydrogen-bond donors (Lipinski definition) is 1. The van der Waals surface area contributed by atoms with Crippen LogP contribution < -0.4 is 5.56 Å². The van der Waals surface area contributed by atoms with Crippen LogP contribution in [0.25, 0.3) is 22.3 Å². The van der Waals surface area contributed by atoms with Gasteiger partial charge in [0.1, 0.15) is 0 Å². The number of halogens is 1. The predicted molar refractivity (Wildman–Crippen MR) is 117 cm³/mol. The molecule has 0 spiro atoms. The Morgan fingerprint density at radius 3 is 2.53 bits per heavy atom. The third-order valence-electron chi connectivity index (χ3n) is 4.38. The van der Waals surface area contributed by atoms with Crippen molar-refractivity contribution in [2.24, 2.45) is 5.10 Å². The van der Waals surface area contributed by atoms with Crippen LogP contribution in [0.2, 0.25) is 0 Å². The Morgan fingerprint density at radius 2 is 1.80 bits per heavy atom. The van der Waals surface area contributed by atoms with Crippen molar-refractivity contribution in [1.29, 1.82) is 0 Å². The number of fused-ring (bicyclic) bond motifs is 1. The van der Waals surface area contributed by atoms with E-state index < -0.39 is 21.9 Å². The molecule has 0 aliphatic rings. The first-order chi connectivity index (χ1) is 14.5. The third kappa shape index (κ3) is 3.58. The quantitative estimate of drug-likeness (QED) is 0.274. The lowest BCUT2D eigenvalue weighted by atomic mass is 10.2. The third-order valence-corrected chi connectivity index (χ3v) is 4.84. The van der Waals surface area contributed by atoms with Crippen molar-refractivity contribution in [3.8, 4) is 17.1 Å². The molecule has 0 atom stereocenters. The Kier molecular flexibility index (Phi) is 5.11. The molecule has 0 saturated carbocycles. The highest BCUT2D eigenvalue weighted by molar-refractivity contribution is 9.10. The van der Waals surface area contributed by atoms with Crippen LogP contribution in [0.5, 0.6) is 5.75 Å². The summed E-state index contributed by atoms with van der Waals surface area (Å²) >= 11 is 3.18. The minimum Gasteiger partial charge on any atom is -0.502 e. The number of para-hydroxylation sites is 1. The molecular formula is C21H13BrN4O4. The Morgan fingerprint density at radius 1 is 1.10 bits per heavy atom. The maximum Gasteiger partial charge on any atom is 0.312 e. The van der Waals surface area contributed by atoms with Gasteiger partial charge in [-0.2, -0.15) is 9.78 Å². The van der Waals surface area contributed by atoms with Gasteiger partial charge in [-0.3, -0.25) is 14.9 Å². The molecule has 30 heavy (non-hydrogen) atoms. The lowest BCUT2D eigenvalue weighted by Crippen LogP contribution is -2.20. The normalized spacial score (nSPS) is 11.2. The fraction of sp³-hybridized carbons (Fsp3) is 0. The summed E-state index contributed by atoms with van der Waals surface area (Å²) in [6.45, 7) is 0. The molecule has 0 unspecified atom stereocenters. The molecule has 0 aliphatic carbocycles. The van der Waals surface area contributed by atoms with E-state index in [2.05, 4.69) is 26.0 Å². The zero-order chi connectivity index (χ0) is 21.3. The van der Waals surface area contributed by atoms with Gasteiger partial charge in [0.2, 0.25) is 5.75 Å². The van der Waals surface area contributed by atoms with Gasteiger partial charge < -0.3 is 5.11 Å². The van der Waals surface area contributed by atoms with Gasteiger partial charge in [-0.1, -0.05) is 58.4 Å². The summed E-state index contributed by atoms with van der Waals surface area (Å²) in [6.07, 6.45) is 1.19. The molecule has 0 aliphatic heterocycles. The zero-order valence-electron chi connectivity index (χ0n) is 15.3. The molecule has 9 heteroatoms. The van der Waals surface area contributed by atoms with E-state index in [-0.39, 0.29) is 5.56 Å². The molecule has 0 saturated heterocycles. The van der Waals surface area contributed by atoms with Crippen LogP contribution in [0.1, 0.15) is 5.56 Å². The highest BCUT2D eigenvalue weighted by Gasteiger charge is 2.18. The maximum atomic E-state index is 13.1. The molecule has 0 radical (unpaired) electrons. The van der Waals surface area contributed by atoms with Crippen LogP contribution >= 0.6 is 15.9 Å². The van der Waals surface area contributed by atoms with Crippen LogP contribution in [-0.4, -0.2) is 25.9 Å². The van der Waals surface area contributed by atoms with Gasteiger partial charge in [-0.15, -0.1) is 0 Å². The highest BCUT2D eigenvalue weighted by Crippen LogP contribution is 2.32. The monoisotopic (exact) mass is 464 g/mol. The van der Waals surface area contributed by atoms with Crippen molar-refractivity contribution in [3.63, 3.8) is 0 Å². The minimum absolute atomic E-state index is 0.0788. The van der Waals surface area contributed by atoms with E-state index >= 15 is 0 Å². The first-order valence-electron chi connectivity index (χ1n) is 8.74. The lowest BCUT2D eigenvalue weighted by Gasteiger charge is -2.09. The first kappa shape index (κ1) is 19.5. The summed E-state index contributed by atoms with van der Waals surface area (Å²) in [7, 11) is 0. The summed E-state index contributed by atoms with van der Waals surface area (Å²) in [5.41, 5.74) is 0.392. The van der Waals surface area contributed by atoms with Crippen LogP contribution in [0, 0.1) is 10.1 Å². The largest absolute Gasteiger partial charge is 0.502 e. The molecule has 3 aromatic carbocycles. The van der Waals surface area contributed by atoms with Crippen molar-refractivity contribution in [2.75, 3.05) is 0 Å². The number of hydrogen-bond acceptors (Lipinski definition) is 6. The van der Waals surface area contributed by atoms with Gasteiger partial charge in [-0.05, 0) is 18.2 Å². The Bertz CT molecular complexity index is 1370. The standard InChI is InChI=1S/C21H13BrN4O4/c22-15-10-14(19(27)18(11-15)26(29)30)12-23-25-20(13-6-2-1-3-7-13)24-17-9-5-4-8-16(17)21(25)28/h1-12,27H. The number of benzene rings is 3. The second-order valence-corrected chi connectivity index (χ2v) is 7.22. The van der Waals surface area contributed by atoms with Crippen LogP contribution in [0.3, 0.4) is 0 Å². The van der Waals surface area contributed by atoms with Crippen molar-refractivity contribution in [3.05, 3.63) is 97.2 Å². The summed E-state index contributed by atoms with van der Waals surface area (Å²) in [5.74, 6) is -0.241. The fourth-order valence-electron chi connectivity index (χ4n) is 2.97. The number of nitro benzene ring substituents is 1. The average Bonchev–Trinajstić information content (AvgIpc) is 2.75. The summed E-state index contributed by atoms with van der Waals surface area (Å²) in [4.78, 5) is 28.1. The number of nitro groups is 1. The van der Waals surface area contributed by atoms with E-state index in [1.54, 1.807) is 36.4 Å². The van der Waals surface area contributed by atoms with E-state index in [1.807, 2.05) is 18.2 Å². The average molecular weight is 465 g/mol. The molecule has 1 heterocycles. The topological polar surface area (TPSA) is 111 Å². The minimum atomic E-state index is -0.698. The molecule has 4 aromatic rings. The Labute approximate surface area is 178 Å². The van der Waals surface area contributed by atoms with E-state index in [0.29, 0.717) is 26.8 Å². The van der Waals surface area contributed by atoms with Gasteiger partial charge in [0.05, 0.1) is 22.0 Å². The van der Waals surface area contributed by atoms with E-state index in [0.717, 1.165) is 4.68 Å². The van der Waals surface area contributed by atoms with Crippen LogP contribution in [0.4, 0.5) is 5.69 Å². The second-order valence-electron chi connectivity index (χ2n) is 6.30. The Balaban J connectivity index is 1.94. The zero-order valence-corrected chi connectivity index (χ0v) is 16.9. The molecule has 0 fully saturated rings. The maximum absolute atomic E-state index is 13.1. The number of aromatic hydroxyl groups is 1. The molecular weight excluding hydrogens is 452 g/mol. The molecule has 1 aromatic heterocycles. The second kappa shape index (κ2) is 7.88. The van der Waals surface area contributed by atoms with Crippen molar-refractivity contribution < 1.29 is 10.0 Å². The Hall–Kier alpha value is -3.85. The lowest BCUT2D eigenvalue weighted by molar-refractivity contribution is -0.385. The van der Waals surface area contributed by atoms with Gasteiger partial charge in [0.25, 0.3) is 5.56 Å². The number of phenols is 1. The number of nitrogens with zero attached hydrogens (tertiary/aromatic N) is 4. The van der Waals surface area contributed by atoms with E-state index in [1.165, 1.54) is 18.3 Å². The van der Waals surface area contributed by atoms with Gasteiger partial charge >= 0.3 is 5.69 Å². The molecule has 148 valence electrons. The number of phenolic OH excluding ortho intramolecular Hbond substituents is 1. The number of aromatic nitrogens is 2. The SMILES string of the molecule is O=c1c2ccccc2nc(-c2ccccc2)n1N=Cc1cc(Br)cc([N+](=O)[O-])c1O. The molecule has 4 rings (SSSR count). The molecule has 0 bridgehead atoms. The molecule has 0 amide bonds. The van der Waals surface area contributed by atoms with Crippen molar-refractivity contribution in [1.82, 2.24) is 9.66 Å².